The molecule has 1 fully saturated rings. The number of rotatable bonds is 5. The molecule has 1 aliphatic heterocycles. The minimum Gasteiger partial charge on any atom is -0.466 e. The summed E-state index contributed by atoms with van der Waals surface area (Å²) in [5.74, 6) is -4.56. The van der Waals surface area contributed by atoms with Gasteiger partial charge in [-0.05, 0) is 38.8 Å². The van der Waals surface area contributed by atoms with E-state index in [-0.39, 0.29) is 11.5 Å². The van der Waals surface area contributed by atoms with Gasteiger partial charge in [-0.25, -0.2) is 18.2 Å². The number of halogens is 1. The number of esters is 2. The zero-order valence-corrected chi connectivity index (χ0v) is 18.2. The first kappa shape index (κ1) is 23.0. The van der Waals surface area contributed by atoms with Crippen LogP contribution in [0.25, 0.3) is 0 Å². The molecule has 7 nitrogen and oxygen atoms in total. The van der Waals surface area contributed by atoms with Crippen molar-refractivity contribution in [2.45, 2.75) is 50.4 Å². The summed E-state index contributed by atoms with van der Waals surface area (Å²) in [5, 5.41) is 0. The number of carbonyl (C=O) groups is 2. The molecule has 2 rings (SSSR count). The SMILES string of the molecule is CC[C@H]1C(=NS(=O)C(C)(C)C)OC(C(=O)OC)(C(=O)OC)[C@@H]1c1ccccc1F. The predicted molar refractivity (Wildman–Crippen MR) is 106 cm³/mol. The molecule has 1 heterocycles. The molecule has 1 unspecified atom stereocenters. The first-order chi connectivity index (χ1) is 13.5. The average molecular weight is 427 g/mol. The third-order valence-corrected chi connectivity index (χ3v) is 6.17. The van der Waals surface area contributed by atoms with E-state index < -0.39 is 50.9 Å². The van der Waals surface area contributed by atoms with Crippen LogP contribution in [0.2, 0.25) is 0 Å². The van der Waals surface area contributed by atoms with E-state index in [0.717, 1.165) is 14.2 Å². The molecule has 1 aliphatic rings. The van der Waals surface area contributed by atoms with Gasteiger partial charge in [-0.2, -0.15) is 4.40 Å². The Labute approximate surface area is 172 Å². The second kappa shape index (κ2) is 8.61. The lowest BCUT2D eigenvalue weighted by Crippen LogP contribution is -2.52. The number of nitrogens with zero attached hydrogens (tertiary/aromatic N) is 1. The smallest absolute Gasteiger partial charge is 0.362 e. The molecule has 0 aliphatic carbocycles. The Morgan fingerprint density at radius 3 is 2.21 bits per heavy atom. The molecule has 1 saturated heterocycles. The van der Waals surface area contributed by atoms with Crippen LogP contribution in [0.5, 0.6) is 0 Å². The van der Waals surface area contributed by atoms with E-state index in [0.29, 0.717) is 6.42 Å². The molecule has 1 aromatic carbocycles. The highest BCUT2D eigenvalue weighted by molar-refractivity contribution is 7.85. The zero-order valence-electron chi connectivity index (χ0n) is 17.4. The molecule has 0 aromatic heterocycles. The van der Waals surface area contributed by atoms with E-state index in [4.69, 9.17) is 14.2 Å². The quantitative estimate of drug-likeness (QED) is 0.530. The maximum absolute atomic E-state index is 14.7. The second-order valence-electron chi connectivity index (χ2n) is 7.63. The fourth-order valence-electron chi connectivity index (χ4n) is 3.33. The summed E-state index contributed by atoms with van der Waals surface area (Å²) in [5.41, 5.74) is -2.21. The van der Waals surface area contributed by atoms with Crippen LogP contribution in [0.15, 0.2) is 28.7 Å². The van der Waals surface area contributed by atoms with Crippen molar-refractivity contribution >= 4 is 28.8 Å². The summed E-state index contributed by atoms with van der Waals surface area (Å²) in [6.45, 7) is 6.96. The Balaban J connectivity index is 2.80. The van der Waals surface area contributed by atoms with Crippen molar-refractivity contribution in [3.63, 3.8) is 0 Å². The molecule has 29 heavy (non-hydrogen) atoms. The Morgan fingerprint density at radius 2 is 1.76 bits per heavy atom. The number of carbonyl (C=O) groups excluding carboxylic acids is 2. The van der Waals surface area contributed by atoms with Crippen molar-refractivity contribution in [2.75, 3.05) is 14.2 Å². The van der Waals surface area contributed by atoms with E-state index in [1.54, 1.807) is 33.8 Å². The molecule has 0 spiro atoms. The van der Waals surface area contributed by atoms with Crippen LogP contribution in [-0.2, 0) is 34.8 Å². The average Bonchev–Trinajstić information content (AvgIpc) is 3.01. The third kappa shape index (κ3) is 4.05. The lowest BCUT2D eigenvalue weighted by atomic mass is 9.74. The monoisotopic (exact) mass is 427 g/mol. The van der Waals surface area contributed by atoms with Gasteiger partial charge in [0.1, 0.15) is 16.8 Å². The van der Waals surface area contributed by atoms with Crippen LogP contribution in [0.3, 0.4) is 0 Å². The Bertz CT molecular complexity index is 832. The number of hydrogen-bond acceptors (Lipinski definition) is 6. The van der Waals surface area contributed by atoms with E-state index in [1.165, 1.54) is 18.2 Å². The van der Waals surface area contributed by atoms with Gasteiger partial charge in [0.15, 0.2) is 0 Å². The fourth-order valence-corrected chi connectivity index (χ4v) is 3.94. The predicted octanol–water partition coefficient (Wildman–Crippen LogP) is 2.91. The van der Waals surface area contributed by atoms with E-state index >= 15 is 0 Å². The van der Waals surface area contributed by atoms with E-state index in [1.807, 2.05) is 0 Å². The highest BCUT2D eigenvalue weighted by atomic mass is 32.2. The molecule has 0 bridgehead atoms. The summed E-state index contributed by atoms with van der Waals surface area (Å²) in [4.78, 5) is 25.6. The van der Waals surface area contributed by atoms with Gasteiger partial charge in [0.05, 0.1) is 24.9 Å². The Kier molecular flexibility index (Phi) is 6.82. The molecule has 3 atom stereocenters. The van der Waals surface area contributed by atoms with Crippen LogP contribution in [0.4, 0.5) is 4.39 Å². The van der Waals surface area contributed by atoms with Crippen molar-refractivity contribution in [1.29, 1.82) is 0 Å². The number of benzene rings is 1. The highest BCUT2D eigenvalue weighted by Crippen LogP contribution is 2.49. The van der Waals surface area contributed by atoms with Crippen molar-refractivity contribution in [2.24, 2.45) is 10.3 Å². The van der Waals surface area contributed by atoms with Crippen LogP contribution in [-0.4, -0.2) is 46.6 Å². The molecule has 160 valence electrons. The number of ether oxygens (including phenoxy) is 3. The molecule has 0 amide bonds. The minimum absolute atomic E-state index is 0.0650. The van der Waals surface area contributed by atoms with Crippen LogP contribution < -0.4 is 0 Å². The van der Waals surface area contributed by atoms with Crippen LogP contribution in [0.1, 0.15) is 45.6 Å². The van der Waals surface area contributed by atoms with Gasteiger partial charge in [0.2, 0.25) is 5.90 Å². The lowest BCUT2D eigenvalue weighted by molar-refractivity contribution is -0.178. The molecular formula is C20H26FNO6S. The van der Waals surface area contributed by atoms with Crippen LogP contribution >= 0.6 is 0 Å². The van der Waals surface area contributed by atoms with Gasteiger partial charge >= 0.3 is 17.5 Å². The molecule has 1 aromatic rings. The standard InChI is InChI=1S/C20H26FNO6S/c1-7-12-15(13-10-8-9-11-14(13)21)20(17(23)26-5,18(24)27-6)28-16(12)22-29(25)19(2,3)4/h8-12,15H,7H2,1-6H3/t12-,15+,29?/m1/s1. The van der Waals surface area contributed by atoms with Gasteiger partial charge in [-0.3, -0.25) is 0 Å². The molecule has 0 N–H and O–H groups in total. The van der Waals surface area contributed by atoms with Gasteiger partial charge in [0, 0.05) is 5.92 Å². The maximum Gasteiger partial charge on any atom is 0.362 e. The topological polar surface area (TPSA) is 91.3 Å². The zero-order chi connectivity index (χ0) is 22.0. The van der Waals surface area contributed by atoms with Gasteiger partial charge in [-0.15, -0.1) is 0 Å². The van der Waals surface area contributed by atoms with Crippen molar-refractivity contribution < 1.29 is 32.4 Å². The highest BCUT2D eigenvalue weighted by Gasteiger charge is 2.67. The lowest BCUT2D eigenvalue weighted by Gasteiger charge is -2.29. The minimum atomic E-state index is -2.30. The number of methoxy groups -OCH3 is 2. The molecule has 0 radical (unpaired) electrons. The summed E-state index contributed by atoms with van der Waals surface area (Å²) >= 11 is 0. The van der Waals surface area contributed by atoms with Gasteiger partial charge < -0.3 is 14.2 Å². The maximum atomic E-state index is 14.7. The largest absolute Gasteiger partial charge is 0.466 e. The van der Waals surface area contributed by atoms with Gasteiger partial charge in [-0.1, -0.05) is 25.1 Å². The van der Waals surface area contributed by atoms with Crippen molar-refractivity contribution in [3.8, 4) is 0 Å². The third-order valence-electron chi connectivity index (χ3n) is 4.78. The summed E-state index contributed by atoms with van der Waals surface area (Å²) in [6, 6.07) is 5.78. The van der Waals surface area contributed by atoms with E-state index in [9.17, 15) is 18.2 Å². The molecular weight excluding hydrogens is 401 g/mol. The molecule has 9 heteroatoms. The summed E-state index contributed by atoms with van der Waals surface area (Å²) in [6.07, 6.45) is 0.342. The van der Waals surface area contributed by atoms with Crippen molar-refractivity contribution in [1.82, 2.24) is 0 Å². The first-order valence-electron chi connectivity index (χ1n) is 9.15. The van der Waals surface area contributed by atoms with Crippen molar-refractivity contribution in [3.05, 3.63) is 35.6 Å². The summed E-state index contributed by atoms with van der Waals surface area (Å²) < 4.78 is 46.3. The fraction of sp³-hybridized carbons (Fsp3) is 0.550. The Morgan fingerprint density at radius 1 is 1.21 bits per heavy atom. The second-order valence-corrected chi connectivity index (χ2v) is 9.53. The first-order valence-corrected chi connectivity index (χ1v) is 10.3. The van der Waals surface area contributed by atoms with Crippen LogP contribution in [0, 0.1) is 11.7 Å². The molecule has 0 saturated carbocycles. The van der Waals surface area contributed by atoms with E-state index in [2.05, 4.69) is 4.40 Å². The normalized spacial score (nSPS) is 23.3. The van der Waals surface area contributed by atoms with Gasteiger partial charge in [0.25, 0.3) is 0 Å². The number of hydrogen-bond donors (Lipinski definition) is 0. The Hall–Kier alpha value is -2.29. The summed E-state index contributed by atoms with van der Waals surface area (Å²) in [7, 11) is 0.466.